The van der Waals surface area contributed by atoms with Crippen LogP contribution in [0.1, 0.15) is 0 Å². The van der Waals surface area contributed by atoms with E-state index in [2.05, 4.69) is 120 Å². The third-order valence-electron chi connectivity index (χ3n) is 9.20. The van der Waals surface area contributed by atoms with Crippen LogP contribution >= 0.6 is 0 Å². The Balaban J connectivity index is 1.23. The van der Waals surface area contributed by atoms with Crippen LogP contribution in [0.3, 0.4) is 0 Å². The number of para-hydroxylation sites is 2. The number of furan rings is 1. The monoisotopic (exact) mass is 602 g/mol. The zero-order valence-corrected chi connectivity index (χ0v) is 25.2. The van der Waals surface area contributed by atoms with E-state index in [4.69, 9.17) is 13.8 Å². The molecule has 2 heterocycles. The van der Waals surface area contributed by atoms with Gasteiger partial charge in [0.1, 0.15) is 11.3 Å². The number of fused-ring (bicyclic) bond motifs is 6. The molecule has 0 radical (unpaired) electrons. The van der Waals surface area contributed by atoms with Gasteiger partial charge in [-0.2, -0.15) is 0 Å². The van der Waals surface area contributed by atoms with Crippen molar-refractivity contribution >= 4 is 49.8 Å². The van der Waals surface area contributed by atoms with E-state index >= 15 is 0 Å². The Bertz CT molecular complexity index is 2630. The fourth-order valence-electron chi connectivity index (χ4n) is 7.10. The number of benzene rings is 7. The second kappa shape index (κ2) is 10.1. The van der Waals surface area contributed by atoms with Crippen LogP contribution in [0.2, 0.25) is 0 Å². The molecule has 10 rings (SSSR count). The van der Waals surface area contributed by atoms with Gasteiger partial charge in [-0.25, -0.2) is 4.98 Å². The van der Waals surface area contributed by atoms with E-state index in [0.29, 0.717) is 5.89 Å². The third kappa shape index (κ3) is 3.98. The van der Waals surface area contributed by atoms with Crippen LogP contribution in [-0.4, -0.2) is 4.98 Å². The van der Waals surface area contributed by atoms with Crippen LogP contribution in [-0.2, 0) is 0 Å². The molecule has 0 bridgehead atoms. The molecule has 2 aromatic heterocycles. The number of nitrogens with zero attached hydrogens (tertiary/aromatic N) is 2. The highest BCUT2D eigenvalue weighted by molar-refractivity contribution is 6.16. The van der Waals surface area contributed by atoms with Gasteiger partial charge in [-0.3, -0.25) is 0 Å². The van der Waals surface area contributed by atoms with Gasteiger partial charge in [-0.1, -0.05) is 109 Å². The summed E-state index contributed by atoms with van der Waals surface area (Å²) in [5.74, 6) is 1.45. The van der Waals surface area contributed by atoms with Gasteiger partial charge in [-0.15, -0.1) is 0 Å². The molecule has 9 aromatic rings. The van der Waals surface area contributed by atoms with Gasteiger partial charge >= 0.3 is 0 Å². The maximum atomic E-state index is 6.62. The topological polar surface area (TPSA) is 42.4 Å². The highest BCUT2D eigenvalue weighted by atomic mass is 16.4. The first-order valence-corrected chi connectivity index (χ1v) is 15.8. The lowest BCUT2D eigenvalue weighted by molar-refractivity contribution is 0.590. The van der Waals surface area contributed by atoms with Crippen molar-refractivity contribution in [1.82, 2.24) is 4.98 Å². The number of anilines is 3. The van der Waals surface area contributed by atoms with Crippen molar-refractivity contribution in [2.45, 2.75) is 0 Å². The summed E-state index contributed by atoms with van der Waals surface area (Å²) in [7, 11) is 0. The summed E-state index contributed by atoms with van der Waals surface area (Å²) in [5.41, 5.74) is 11.0. The quantitative estimate of drug-likeness (QED) is 0.197. The molecular weight excluding hydrogens is 576 g/mol. The largest absolute Gasteiger partial charge is 0.454 e. The molecule has 0 N–H and O–H groups in total. The maximum Gasteiger partial charge on any atom is 0.227 e. The first-order chi connectivity index (χ1) is 23.3. The van der Waals surface area contributed by atoms with Crippen molar-refractivity contribution in [3.05, 3.63) is 158 Å². The Hall–Kier alpha value is -6.39. The molecule has 0 aliphatic heterocycles. The first-order valence-electron chi connectivity index (χ1n) is 15.8. The normalized spacial score (nSPS) is 11.8. The summed E-state index contributed by atoms with van der Waals surface area (Å²) in [6.07, 6.45) is 0. The van der Waals surface area contributed by atoms with Crippen molar-refractivity contribution in [1.29, 1.82) is 0 Å². The average Bonchev–Trinajstić information content (AvgIpc) is 3.82. The zero-order valence-electron chi connectivity index (χ0n) is 25.2. The van der Waals surface area contributed by atoms with Gasteiger partial charge in [0.05, 0.1) is 5.69 Å². The predicted octanol–water partition coefficient (Wildman–Crippen LogP) is 12.2. The van der Waals surface area contributed by atoms with Crippen molar-refractivity contribution in [2.75, 3.05) is 4.90 Å². The summed E-state index contributed by atoms with van der Waals surface area (Å²) >= 11 is 0. The summed E-state index contributed by atoms with van der Waals surface area (Å²) < 4.78 is 13.1. The molecule has 0 saturated carbocycles. The van der Waals surface area contributed by atoms with Crippen LogP contribution in [0, 0.1) is 0 Å². The van der Waals surface area contributed by atoms with Gasteiger partial charge in [0, 0.05) is 44.2 Å². The number of hydrogen-bond donors (Lipinski definition) is 0. The van der Waals surface area contributed by atoms with Crippen LogP contribution in [0.25, 0.3) is 77.9 Å². The number of oxazole rings is 1. The molecule has 0 amide bonds. The Labute approximate surface area is 270 Å². The Kier molecular flexibility index (Phi) is 5.54. The van der Waals surface area contributed by atoms with Crippen molar-refractivity contribution in [3.8, 4) is 45.2 Å². The number of aromatic nitrogens is 1. The maximum absolute atomic E-state index is 6.62. The van der Waals surface area contributed by atoms with Crippen LogP contribution in [0.4, 0.5) is 17.1 Å². The smallest absolute Gasteiger partial charge is 0.227 e. The van der Waals surface area contributed by atoms with Gasteiger partial charge < -0.3 is 13.7 Å². The molecule has 0 saturated heterocycles. The molecule has 0 unspecified atom stereocenters. The van der Waals surface area contributed by atoms with Crippen molar-refractivity contribution in [3.63, 3.8) is 0 Å². The standard InChI is InChI=1S/C43H26N2O2/c1-3-12-27(13-4-1)29-16-9-18-31(24-29)45(37-22-11-20-34-33-19-7-8-23-38(33)46-41(34)37)32-25-30-17-10-21-35-39(30)36(26-32)40-42(35)47-43(44-40)28-14-5-2-6-15-28/h1-26H. The minimum absolute atomic E-state index is 0.628. The molecule has 0 spiro atoms. The first kappa shape index (κ1) is 25.9. The van der Waals surface area contributed by atoms with E-state index in [1.807, 2.05) is 42.5 Å². The highest BCUT2D eigenvalue weighted by Crippen LogP contribution is 2.52. The van der Waals surface area contributed by atoms with Gasteiger partial charge in [0.15, 0.2) is 11.3 Å². The zero-order chi connectivity index (χ0) is 30.9. The van der Waals surface area contributed by atoms with Crippen LogP contribution in [0.5, 0.6) is 0 Å². The fraction of sp³-hybridized carbons (Fsp3) is 0. The molecule has 7 aromatic carbocycles. The van der Waals surface area contributed by atoms with Crippen molar-refractivity contribution < 1.29 is 8.83 Å². The number of hydrogen-bond acceptors (Lipinski definition) is 4. The second-order valence-corrected chi connectivity index (χ2v) is 12.0. The van der Waals surface area contributed by atoms with E-state index in [0.717, 1.165) is 83.5 Å². The minimum Gasteiger partial charge on any atom is -0.454 e. The lowest BCUT2D eigenvalue weighted by Gasteiger charge is -2.27. The molecule has 0 atom stereocenters. The Morgan fingerprint density at radius 3 is 2.09 bits per heavy atom. The summed E-state index contributed by atoms with van der Waals surface area (Å²) in [6.45, 7) is 0. The van der Waals surface area contributed by atoms with E-state index in [9.17, 15) is 0 Å². The number of rotatable bonds is 5. The third-order valence-corrected chi connectivity index (χ3v) is 9.20. The average molecular weight is 603 g/mol. The summed E-state index contributed by atoms with van der Waals surface area (Å²) in [5, 5.41) is 4.48. The van der Waals surface area contributed by atoms with Gasteiger partial charge in [0.25, 0.3) is 0 Å². The SMILES string of the molecule is c1ccc(-c2cccc(N(c3cc4c5c(cccc5c3)-c3oc(-c5ccccc5)nc3-4)c3cccc4c3oc3ccccc34)c2)cc1. The summed E-state index contributed by atoms with van der Waals surface area (Å²) in [4.78, 5) is 7.39. The summed E-state index contributed by atoms with van der Waals surface area (Å²) in [6, 6.07) is 54.9. The van der Waals surface area contributed by atoms with Crippen LogP contribution < -0.4 is 4.90 Å². The van der Waals surface area contributed by atoms with E-state index in [1.54, 1.807) is 0 Å². The minimum atomic E-state index is 0.628. The molecule has 4 nitrogen and oxygen atoms in total. The van der Waals surface area contributed by atoms with E-state index < -0.39 is 0 Å². The van der Waals surface area contributed by atoms with E-state index in [-0.39, 0.29) is 0 Å². The molecular formula is C43H26N2O2. The van der Waals surface area contributed by atoms with Crippen LogP contribution in [0.15, 0.2) is 167 Å². The Morgan fingerprint density at radius 1 is 0.489 bits per heavy atom. The predicted molar refractivity (Wildman–Crippen MR) is 191 cm³/mol. The van der Waals surface area contributed by atoms with Crippen molar-refractivity contribution in [2.24, 2.45) is 0 Å². The highest BCUT2D eigenvalue weighted by Gasteiger charge is 2.30. The van der Waals surface area contributed by atoms with E-state index in [1.165, 1.54) is 5.56 Å². The van der Waals surface area contributed by atoms with Gasteiger partial charge in [0.2, 0.25) is 5.89 Å². The molecule has 1 aliphatic carbocycles. The Morgan fingerprint density at radius 2 is 1.21 bits per heavy atom. The fourth-order valence-corrected chi connectivity index (χ4v) is 7.10. The molecule has 1 aliphatic rings. The lowest BCUT2D eigenvalue weighted by atomic mass is 10.0. The second-order valence-electron chi connectivity index (χ2n) is 12.0. The van der Waals surface area contributed by atoms with Gasteiger partial charge in [-0.05, 0) is 65.0 Å². The lowest BCUT2D eigenvalue weighted by Crippen LogP contribution is -2.10. The molecule has 0 fully saturated rings. The molecule has 4 heteroatoms. The molecule has 220 valence electrons. The molecule has 47 heavy (non-hydrogen) atoms.